The maximum absolute atomic E-state index is 12.4. The number of rotatable bonds is 5. The first-order chi connectivity index (χ1) is 9.49. The van der Waals surface area contributed by atoms with Crippen molar-refractivity contribution in [3.63, 3.8) is 0 Å². The summed E-state index contributed by atoms with van der Waals surface area (Å²) in [4.78, 5) is 21.6. The van der Waals surface area contributed by atoms with Crippen LogP contribution in [0, 0.1) is 30.9 Å². The number of nitrogens with zero attached hydrogens (tertiary/aromatic N) is 1. The van der Waals surface area contributed by atoms with Crippen LogP contribution in [0.25, 0.3) is 0 Å². The van der Waals surface area contributed by atoms with Crippen LogP contribution in [0.15, 0.2) is 11.0 Å². The molecule has 0 amide bonds. The number of ketones is 1. The van der Waals surface area contributed by atoms with Crippen LogP contribution in [0.1, 0.15) is 30.5 Å². The molecule has 21 heavy (non-hydrogen) atoms. The van der Waals surface area contributed by atoms with E-state index in [0.29, 0.717) is 11.1 Å². The maximum Gasteiger partial charge on any atom is 0.276 e. The Labute approximate surface area is 123 Å². The Kier molecular flexibility index (Phi) is 4.85. The van der Waals surface area contributed by atoms with Gasteiger partial charge in [0.25, 0.3) is 5.69 Å². The number of benzene rings is 1. The average Bonchev–Trinajstić information content (AvgIpc) is 2.25. The van der Waals surface area contributed by atoms with Crippen LogP contribution in [0.5, 0.6) is 0 Å². The zero-order valence-electron chi connectivity index (χ0n) is 12.6. The summed E-state index contributed by atoms with van der Waals surface area (Å²) in [7, 11) is -4.01. The number of Topliss-reactive ketones (excluding diaryl/α,β-unsaturated/α-hetero) is 1. The molecule has 0 aliphatic rings. The lowest BCUT2D eigenvalue weighted by Gasteiger charge is -2.16. The van der Waals surface area contributed by atoms with Crippen molar-refractivity contribution in [1.29, 1.82) is 0 Å². The highest BCUT2D eigenvalue weighted by Gasteiger charge is 2.29. The van der Waals surface area contributed by atoms with Gasteiger partial charge in [-0.05, 0) is 46.2 Å². The summed E-state index contributed by atoms with van der Waals surface area (Å²) < 4.78 is 27.0. The highest BCUT2D eigenvalue weighted by atomic mass is 32.2. The molecule has 7 nitrogen and oxygen atoms in total. The van der Waals surface area contributed by atoms with E-state index in [4.69, 9.17) is 0 Å². The Morgan fingerprint density at radius 2 is 1.81 bits per heavy atom. The standard InChI is InChI=1S/C13H18N2O5S/c1-7-6-8(2)13(9(3)12(7)15(17)18)21(19,20)14-10(4)11(5)16/h6,10,14H,1-5H3. The van der Waals surface area contributed by atoms with E-state index >= 15 is 0 Å². The molecule has 0 radical (unpaired) electrons. The van der Waals surface area contributed by atoms with Gasteiger partial charge in [-0.3, -0.25) is 14.9 Å². The van der Waals surface area contributed by atoms with Crippen molar-refractivity contribution in [2.45, 2.75) is 45.6 Å². The lowest BCUT2D eigenvalue weighted by molar-refractivity contribution is -0.386. The van der Waals surface area contributed by atoms with Gasteiger partial charge in [0.05, 0.1) is 15.9 Å². The lowest BCUT2D eigenvalue weighted by atomic mass is 10.1. The normalized spacial score (nSPS) is 13.0. The molecule has 0 aromatic heterocycles. The summed E-state index contributed by atoms with van der Waals surface area (Å²) in [6.07, 6.45) is 0. The molecule has 8 heteroatoms. The van der Waals surface area contributed by atoms with Crippen LogP contribution < -0.4 is 4.72 Å². The van der Waals surface area contributed by atoms with E-state index in [1.54, 1.807) is 13.8 Å². The van der Waals surface area contributed by atoms with Gasteiger partial charge < -0.3 is 0 Å². The molecule has 0 bridgehead atoms. The Bertz CT molecular complexity index is 710. The molecule has 1 aromatic carbocycles. The quantitative estimate of drug-likeness (QED) is 0.658. The number of nitro benzene ring substituents is 1. The maximum atomic E-state index is 12.4. The van der Waals surface area contributed by atoms with E-state index < -0.39 is 21.0 Å². The summed E-state index contributed by atoms with van der Waals surface area (Å²) in [5.74, 6) is -0.338. The van der Waals surface area contributed by atoms with Crippen molar-refractivity contribution in [2.24, 2.45) is 0 Å². The number of carbonyl (C=O) groups is 1. The molecule has 1 N–H and O–H groups in total. The predicted molar refractivity (Wildman–Crippen MR) is 77.8 cm³/mol. The molecule has 116 valence electrons. The Balaban J connectivity index is 3.53. The largest absolute Gasteiger partial charge is 0.298 e. The van der Waals surface area contributed by atoms with Gasteiger partial charge in [0.1, 0.15) is 5.78 Å². The number of nitrogens with one attached hydrogen (secondary N) is 1. The second-order valence-corrected chi connectivity index (χ2v) is 6.67. The van der Waals surface area contributed by atoms with Crippen LogP contribution in [-0.2, 0) is 14.8 Å². The van der Waals surface area contributed by atoms with Crippen LogP contribution in [0.4, 0.5) is 5.69 Å². The third-order valence-corrected chi connectivity index (χ3v) is 5.08. The molecule has 0 aliphatic carbocycles. The minimum absolute atomic E-state index is 0.0701. The van der Waals surface area contributed by atoms with E-state index in [-0.39, 0.29) is 21.9 Å². The van der Waals surface area contributed by atoms with E-state index in [0.717, 1.165) is 0 Å². The van der Waals surface area contributed by atoms with Crippen molar-refractivity contribution in [2.75, 3.05) is 0 Å². The number of carbonyl (C=O) groups excluding carboxylic acids is 1. The Hall–Kier alpha value is -1.80. The van der Waals surface area contributed by atoms with Gasteiger partial charge in [-0.2, -0.15) is 0 Å². The van der Waals surface area contributed by atoms with Gasteiger partial charge in [-0.1, -0.05) is 0 Å². The van der Waals surface area contributed by atoms with Gasteiger partial charge >= 0.3 is 0 Å². The van der Waals surface area contributed by atoms with Crippen molar-refractivity contribution in [3.05, 3.63) is 32.9 Å². The smallest absolute Gasteiger partial charge is 0.276 e. The summed E-state index contributed by atoms with van der Waals surface area (Å²) in [6, 6.07) is 0.562. The van der Waals surface area contributed by atoms with Gasteiger partial charge in [-0.15, -0.1) is 0 Å². The topological polar surface area (TPSA) is 106 Å². The van der Waals surface area contributed by atoms with Crippen LogP contribution in [0.2, 0.25) is 0 Å². The molecule has 1 atom stereocenters. The molecule has 1 rings (SSSR count). The second kappa shape index (κ2) is 5.90. The minimum Gasteiger partial charge on any atom is -0.298 e. The van der Waals surface area contributed by atoms with E-state index in [1.807, 2.05) is 0 Å². The molecule has 1 unspecified atom stereocenters. The zero-order chi connectivity index (χ0) is 16.5. The number of hydrogen-bond donors (Lipinski definition) is 1. The van der Waals surface area contributed by atoms with Gasteiger partial charge in [-0.25, -0.2) is 13.1 Å². The van der Waals surface area contributed by atoms with Gasteiger partial charge in [0.15, 0.2) is 0 Å². The van der Waals surface area contributed by atoms with Crippen molar-refractivity contribution in [1.82, 2.24) is 4.72 Å². The highest BCUT2D eigenvalue weighted by molar-refractivity contribution is 7.89. The third-order valence-electron chi connectivity index (χ3n) is 3.25. The SMILES string of the molecule is CC(=O)C(C)NS(=O)(=O)c1c(C)cc(C)c([N+](=O)[O-])c1C. The fraction of sp³-hybridized carbons (Fsp3) is 0.462. The summed E-state index contributed by atoms with van der Waals surface area (Å²) in [5, 5.41) is 11.1. The number of sulfonamides is 1. The summed E-state index contributed by atoms with van der Waals surface area (Å²) in [5.41, 5.74) is 0.643. The first-order valence-corrected chi connectivity index (χ1v) is 7.75. The van der Waals surface area contributed by atoms with E-state index in [1.165, 1.54) is 26.8 Å². The van der Waals surface area contributed by atoms with Crippen LogP contribution >= 0.6 is 0 Å². The molecule has 0 saturated carbocycles. The zero-order valence-corrected chi connectivity index (χ0v) is 13.4. The van der Waals surface area contributed by atoms with Crippen molar-refractivity contribution < 1.29 is 18.1 Å². The van der Waals surface area contributed by atoms with E-state index in [9.17, 15) is 23.3 Å². The highest BCUT2D eigenvalue weighted by Crippen LogP contribution is 2.31. The third kappa shape index (κ3) is 3.45. The molecular formula is C13H18N2O5S. The molecular weight excluding hydrogens is 296 g/mol. The monoisotopic (exact) mass is 314 g/mol. The number of hydrogen-bond acceptors (Lipinski definition) is 5. The number of nitro groups is 1. The second-order valence-electron chi connectivity index (χ2n) is 5.02. The molecule has 0 saturated heterocycles. The Morgan fingerprint density at radius 3 is 2.24 bits per heavy atom. The predicted octanol–water partition coefficient (Wildman–Crippen LogP) is 1.78. The number of aryl methyl sites for hydroxylation is 2. The first-order valence-electron chi connectivity index (χ1n) is 6.27. The fourth-order valence-electron chi connectivity index (χ4n) is 2.23. The minimum atomic E-state index is -4.01. The molecule has 1 aromatic rings. The van der Waals surface area contributed by atoms with Gasteiger partial charge in [0, 0.05) is 11.1 Å². The first kappa shape index (κ1) is 17.3. The van der Waals surface area contributed by atoms with Crippen LogP contribution in [0.3, 0.4) is 0 Å². The lowest BCUT2D eigenvalue weighted by Crippen LogP contribution is -2.37. The van der Waals surface area contributed by atoms with Crippen molar-refractivity contribution in [3.8, 4) is 0 Å². The molecule has 0 spiro atoms. The molecule has 0 fully saturated rings. The van der Waals surface area contributed by atoms with Crippen LogP contribution in [-0.4, -0.2) is 25.2 Å². The molecule has 0 heterocycles. The molecule has 0 aliphatic heterocycles. The van der Waals surface area contributed by atoms with E-state index in [2.05, 4.69) is 4.72 Å². The average molecular weight is 314 g/mol. The summed E-state index contributed by atoms with van der Waals surface area (Å²) in [6.45, 7) is 7.21. The van der Waals surface area contributed by atoms with Crippen molar-refractivity contribution >= 4 is 21.5 Å². The van der Waals surface area contributed by atoms with Gasteiger partial charge in [0.2, 0.25) is 10.0 Å². The fourth-order valence-corrected chi connectivity index (χ4v) is 3.96. The summed E-state index contributed by atoms with van der Waals surface area (Å²) >= 11 is 0. The Morgan fingerprint density at radius 1 is 1.29 bits per heavy atom.